The predicted octanol–water partition coefficient (Wildman–Crippen LogP) is 2.79. The molecule has 0 saturated carbocycles. The average molecular weight is 164 g/mol. The molecule has 0 radical (unpaired) electrons. The topological polar surface area (TPSA) is 17.1 Å². The van der Waals surface area contributed by atoms with Crippen LogP contribution in [0.2, 0.25) is 0 Å². The van der Waals surface area contributed by atoms with E-state index in [4.69, 9.17) is 0 Å². The summed E-state index contributed by atoms with van der Waals surface area (Å²) in [5, 5.41) is 0. The Kier molecular flexibility index (Phi) is 4.23. The molecule has 0 aromatic rings. The van der Waals surface area contributed by atoms with Gasteiger partial charge in [0, 0.05) is 12.8 Å². The van der Waals surface area contributed by atoms with Crippen LogP contribution in [0.5, 0.6) is 0 Å². The molecule has 0 aromatic carbocycles. The molecule has 0 aromatic heterocycles. The standard InChI is InChI=1S/C8H14F2O/c1-3-5-7(11)8(9,10)6-4-2/h3-6H2,1-2H3. The van der Waals surface area contributed by atoms with Crippen LogP contribution >= 0.6 is 0 Å². The average Bonchev–Trinajstić information content (AvgIpc) is 1.88. The molecular formula is C8H14F2O. The van der Waals surface area contributed by atoms with Crippen LogP contribution in [0.15, 0.2) is 0 Å². The van der Waals surface area contributed by atoms with E-state index in [1.165, 1.54) is 0 Å². The van der Waals surface area contributed by atoms with E-state index in [1.54, 1.807) is 13.8 Å². The third-order valence-electron chi connectivity index (χ3n) is 1.45. The van der Waals surface area contributed by atoms with Crippen molar-refractivity contribution in [2.45, 2.75) is 45.5 Å². The minimum absolute atomic E-state index is 0.00694. The number of hydrogen-bond acceptors (Lipinski definition) is 1. The summed E-state index contributed by atoms with van der Waals surface area (Å²) in [5.41, 5.74) is 0. The summed E-state index contributed by atoms with van der Waals surface area (Å²) in [6.07, 6.45) is 0.527. The zero-order valence-electron chi connectivity index (χ0n) is 6.99. The molecule has 0 spiro atoms. The van der Waals surface area contributed by atoms with Gasteiger partial charge in [0.25, 0.3) is 0 Å². The SMILES string of the molecule is CCCC(=O)C(F)(F)CCC. The van der Waals surface area contributed by atoms with E-state index in [2.05, 4.69) is 0 Å². The van der Waals surface area contributed by atoms with Crippen molar-refractivity contribution < 1.29 is 13.6 Å². The molecule has 3 heteroatoms. The zero-order valence-corrected chi connectivity index (χ0v) is 6.99. The highest BCUT2D eigenvalue weighted by Crippen LogP contribution is 2.23. The highest BCUT2D eigenvalue weighted by atomic mass is 19.3. The van der Waals surface area contributed by atoms with Gasteiger partial charge in [0.05, 0.1) is 0 Å². The number of alkyl halides is 2. The number of hydrogen-bond donors (Lipinski definition) is 0. The molecule has 0 amide bonds. The Morgan fingerprint density at radius 3 is 2.18 bits per heavy atom. The molecule has 0 unspecified atom stereocenters. The number of rotatable bonds is 5. The van der Waals surface area contributed by atoms with Crippen molar-refractivity contribution in [1.82, 2.24) is 0 Å². The smallest absolute Gasteiger partial charge is 0.293 e. The summed E-state index contributed by atoms with van der Waals surface area (Å²) >= 11 is 0. The molecule has 0 atom stereocenters. The van der Waals surface area contributed by atoms with Gasteiger partial charge in [-0.2, -0.15) is 8.78 Å². The van der Waals surface area contributed by atoms with Crippen LogP contribution < -0.4 is 0 Å². The normalized spacial score (nSPS) is 11.6. The van der Waals surface area contributed by atoms with E-state index in [9.17, 15) is 13.6 Å². The largest absolute Gasteiger partial charge is 0.305 e. The van der Waals surface area contributed by atoms with Crippen molar-refractivity contribution in [2.75, 3.05) is 0 Å². The summed E-state index contributed by atoms with van der Waals surface area (Å²) < 4.78 is 25.3. The molecule has 0 aliphatic rings. The van der Waals surface area contributed by atoms with Crippen LogP contribution in [0, 0.1) is 0 Å². The third-order valence-corrected chi connectivity index (χ3v) is 1.45. The minimum atomic E-state index is -3.08. The first-order chi connectivity index (χ1) is 5.04. The second-order valence-electron chi connectivity index (χ2n) is 2.63. The minimum Gasteiger partial charge on any atom is -0.293 e. The molecule has 0 bridgehead atoms. The number of halogens is 2. The van der Waals surface area contributed by atoms with Crippen molar-refractivity contribution in [3.63, 3.8) is 0 Å². The van der Waals surface area contributed by atoms with Crippen molar-refractivity contribution in [3.8, 4) is 0 Å². The number of Topliss-reactive ketones (excluding diaryl/α,β-unsaturated/α-hetero) is 1. The van der Waals surface area contributed by atoms with Gasteiger partial charge in [-0.3, -0.25) is 4.79 Å². The van der Waals surface area contributed by atoms with Gasteiger partial charge < -0.3 is 0 Å². The summed E-state index contributed by atoms with van der Waals surface area (Å²) in [6, 6.07) is 0. The van der Waals surface area contributed by atoms with Gasteiger partial charge in [-0.25, -0.2) is 0 Å². The highest BCUT2D eigenvalue weighted by Gasteiger charge is 2.35. The Hall–Kier alpha value is -0.470. The summed E-state index contributed by atoms with van der Waals surface area (Å²) in [7, 11) is 0. The van der Waals surface area contributed by atoms with E-state index in [-0.39, 0.29) is 12.8 Å². The molecule has 0 aliphatic heterocycles. The molecule has 0 heterocycles. The maximum absolute atomic E-state index is 12.7. The van der Waals surface area contributed by atoms with E-state index >= 15 is 0 Å². The first kappa shape index (κ1) is 10.5. The Labute approximate surface area is 65.8 Å². The molecule has 0 aliphatic carbocycles. The van der Waals surface area contributed by atoms with Gasteiger partial charge in [-0.15, -0.1) is 0 Å². The number of carbonyl (C=O) groups excluding carboxylic acids is 1. The van der Waals surface area contributed by atoms with Crippen LogP contribution in [0.3, 0.4) is 0 Å². The lowest BCUT2D eigenvalue weighted by molar-refractivity contribution is -0.144. The lowest BCUT2D eigenvalue weighted by atomic mass is 10.1. The first-order valence-electron chi connectivity index (χ1n) is 3.95. The number of ketones is 1. The molecule has 0 fully saturated rings. The molecule has 0 rings (SSSR count). The van der Waals surface area contributed by atoms with E-state index in [0.29, 0.717) is 12.8 Å². The summed E-state index contributed by atoms with van der Waals surface area (Å²) in [6.45, 7) is 3.37. The van der Waals surface area contributed by atoms with Crippen LogP contribution in [0.25, 0.3) is 0 Å². The summed E-state index contributed by atoms with van der Waals surface area (Å²) in [5.74, 6) is -3.99. The van der Waals surface area contributed by atoms with Gasteiger partial charge in [-0.1, -0.05) is 13.8 Å². The van der Waals surface area contributed by atoms with Crippen LogP contribution in [-0.4, -0.2) is 11.7 Å². The fourth-order valence-electron chi connectivity index (χ4n) is 0.863. The van der Waals surface area contributed by atoms with Gasteiger partial charge in [0.15, 0.2) is 0 Å². The van der Waals surface area contributed by atoms with Crippen molar-refractivity contribution in [1.29, 1.82) is 0 Å². The Balaban J connectivity index is 3.94. The molecule has 11 heavy (non-hydrogen) atoms. The molecule has 0 N–H and O–H groups in total. The Morgan fingerprint density at radius 1 is 1.27 bits per heavy atom. The van der Waals surface area contributed by atoms with Gasteiger partial charge in [0.1, 0.15) is 0 Å². The quantitative estimate of drug-likeness (QED) is 0.610. The number of carbonyl (C=O) groups is 1. The van der Waals surface area contributed by atoms with Gasteiger partial charge in [0.2, 0.25) is 5.78 Å². The fourth-order valence-corrected chi connectivity index (χ4v) is 0.863. The predicted molar refractivity (Wildman–Crippen MR) is 39.8 cm³/mol. The highest BCUT2D eigenvalue weighted by molar-refractivity contribution is 5.85. The third kappa shape index (κ3) is 3.44. The molecule has 1 nitrogen and oxygen atoms in total. The van der Waals surface area contributed by atoms with Crippen LogP contribution in [-0.2, 0) is 4.79 Å². The second-order valence-corrected chi connectivity index (χ2v) is 2.63. The molecule has 0 saturated heterocycles. The van der Waals surface area contributed by atoms with Gasteiger partial charge in [-0.05, 0) is 12.8 Å². The van der Waals surface area contributed by atoms with Crippen LogP contribution in [0.4, 0.5) is 8.78 Å². The lowest BCUT2D eigenvalue weighted by Gasteiger charge is -2.12. The van der Waals surface area contributed by atoms with Gasteiger partial charge >= 0.3 is 5.92 Å². The first-order valence-corrected chi connectivity index (χ1v) is 3.95. The maximum atomic E-state index is 12.7. The van der Waals surface area contributed by atoms with E-state index in [1.807, 2.05) is 0 Å². The molecular weight excluding hydrogens is 150 g/mol. The summed E-state index contributed by atoms with van der Waals surface area (Å²) in [4.78, 5) is 10.7. The van der Waals surface area contributed by atoms with Crippen molar-refractivity contribution in [2.24, 2.45) is 0 Å². The monoisotopic (exact) mass is 164 g/mol. The zero-order chi connectivity index (χ0) is 8.91. The Morgan fingerprint density at radius 2 is 1.82 bits per heavy atom. The lowest BCUT2D eigenvalue weighted by Crippen LogP contribution is -2.27. The van der Waals surface area contributed by atoms with E-state index < -0.39 is 11.7 Å². The fraction of sp³-hybridized carbons (Fsp3) is 0.875. The maximum Gasteiger partial charge on any atom is 0.305 e. The molecule has 66 valence electrons. The van der Waals surface area contributed by atoms with Crippen molar-refractivity contribution in [3.05, 3.63) is 0 Å². The Bertz CT molecular complexity index is 132. The van der Waals surface area contributed by atoms with Crippen LogP contribution in [0.1, 0.15) is 39.5 Å². The van der Waals surface area contributed by atoms with E-state index in [0.717, 1.165) is 0 Å². The second kappa shape index (κ2) is 4.42. The van der Waals surface area contributed by atoms with Crippen molar-refractivity contribution >= 4 is 5.78 Å².